The van der Waals surface area contributed by atoms with Crippen LogP contribution >= 0.6 is 22.7 Å². The largest absolute Gasteiger partial charge is 0.442 e. The highest BCUT2D eigenvalue weighted by molar-refractivity contribution is 7.15. The molecule has 9 heteroatoms. The summed E-state index contributed by atoms with van der Waals surface area (Å²) in [6, 6.07) is 5.13. The van der Waals surface area contributed by atoms with Crippen molar-refractivity contribution in [3.05, 3.63) is 61.8 Å². The van der Waals surface area contributed by atoms with Crippen LogP contribution in [-0.2, 0) is 6.54 Å². The molecule has 0 unspecified atom stereocenters. The first kappa shape index (κ1) is 13.2. The Labute approximate surface area is 130 Å². The van der Waals surface area contributed by atoms with E-state index in [1.54, 1.807) is 11.6 Å². The SMILES string of the molecule is O=c1onc(-c2cccs2)n1Cc1cc(=O)n2ccsc2n1. The van der Waals surface area contributed by atoms with E-state index in [1.165, 1.54) is 37.7 Å². The quantitative estimate of drug-likeness (QED) is 0.570. The third kappa shape index (κ3) is 2.11. The molecule has 0 saturated carbocycles. The second-order valence-electron chi connectivity index (χ2n) is 4.48. The van der Waals surface area contributed by atoms with E-state index in [2.05, 4.69) is 10.1 Å². The molecule has 0 aromatic carbocycles. The minimum atomic E-state index is -0.573. The minimum absolute atomic E-state index is 0.138. The minimum Gasteiger partial charge on any atom is -0.295 e. The van der Waals surface area contributed by atoms with Crippen molar-refractivity contribution in [3.63, 3.8) is 0 Å². The van der Waals surface area contributed by atoms with Gasteiger partial charge in [-0.1, -0.05) is 11.2 Å². The summed E-state index contributed by atoms with van der Waals surface area (Å²) in [5, 5.41) is 7.48. The fraction of sp³-hybridized carbons (Fsp3) is 0.0769. The number of rotatable bonds is 3. The van der Waals surface area contributed by atoms with Gasteiger partial charge in [0.15, 0.2) is 10.8 Å². The number of nitrogens with zero attached hydrogens (tertiary/aromatic N) is 4. The van der Waals surface area contributed by atoms with Gasteiger partial charge in [-0.2, -0.15) is 0 Å². The lowest BCUT2D eigenvalue weighted by atomic mass is 10.3. The van der Waals surface area contributed by atoms with Crippen LogP contribution in [0.4, 0.5) is 0 Å². The predicted molar refractivity (Wildman–Crippen MR) is 82.5 cm³/mol. The molecule has 4 aromatic heterocycles. The van der Waals surface area contributed by atoms with Gasteiger partial charge in [-0.3, -0.25) is 13.7 Å². The zero-order valence-electron chi connectivity index (χ0n) is 11.0. The summed E-state index contributed by atoms with van der Waals surface area (Å²) in [6.07, 6.45) is 1.67. The van der Waals surface area contributed by atoms with Gasteiger partial charge in [0.1, 0.15) is 0 Å². The molecule has 0 aliphatic heterocycles. The van der Waals surface area contributed by atoms with Gasteiger partial charge in [-0.05, 0) is 11.4 Å². The fourth-order valence-corrected chi connectivity index (χ4v) is 3.57. The molecule has 4 heterocycles. The van der Waals surface area contributed by atoms with Gasteiger partial charge in [-0.15, -0.1) is 22.7 Å². The van der Waals surface area contributed by atoms with Crippen LogP contribution in [0.15, 0.2) is 49.3 Å². The molecule has 0 aliphatic rings. The molecule has 0 N–H and O–H groups in total. The number of thiophene rings is 1. The highest BCUT2D eigenvalue weighted by Gasteiger charge is 2.15. The van der Waals surface area contributed by atoms with E-state index in [1.807, 2.05) is 17.5 Å². The van der Waals surface area contributed by atoms with E-state index >= 15 is 0 Å². The second-order valence-corrected chi connectivity index (χ2v) is 6.30. The van der Waals surface area contributed by atoms with Crippen molar-refractivity contribution >= 4 is 27.6 Å². The van der Waals surface area contributed by atoms with Crippen molar-refractivity contribution < 1.29 is 4.52 Å². The normalized spacial score (nSPS) is 11.3. The maximum Gasteiger partial charge on any atom is 0.442 e. The van der Waals surface area contributed by atoms with Crippen LogP contribution in [0.25, 0.3) is 15.7 Å². The molecule has 0 saturated heterocycles. The Morgan fingerprint density at radius 1 is 1.23 bits per heavy atom. The summed E-state index contributed by atoms with van der Waals surface area (Å²) in [7, 11) is 0. The Bertz CT molecular complexity index is 1060. The number of thiazole rings is 1. The number of fused-ring (bicyclic) bond motifs is 1. The smallest absolute Gasteiger partial charge is 0.295 e. The number of aromatic nitrogens is 4. The van der Waals surface area contributed by atoms with Crippen LogP contribution in [0.5, 0.6) is 0 Å². The summed E-state index contributed by atoms with van der Waals surface area (Å²) in [6.45, 7) is 0.138. The molecule has 0 atom stereocenters. The molecular weight excluding hydrogens is 324 g/mol. The Kier molecular flexibility index (Phi) is 3.01. The van der Waals surface area contributed by atoms with E-state index in [0.717, 1.165) is 4.88 Å². The summed E-state index contributed by atoms with van der Waals surface area (Å²) >= 11 is 2.82. The van der Waals surface area contributed by atoms with E-state index < -0.39 is 5.76 Å². The van der Waals surface area contributed by atoms with Crippen LogP contribution in [0.1, 0.15) is 5.69 Å². The van der Waals surface area contributed by atoms with Crippen molar-refractivity contribution in [2.24, 2.45) is 0 Å². The average Bonchev–Trinajstić information content (AvgIpc) is 3.21. The summed E-state index contributed by atoms with van der Waals surface area (Å²) in [5.74, 6) is -0.134. The van der Waals surface area contributed by atoms with E-state index in [0.29, 0.717) is 16.5 Å². The lowest BCUT2D eigenvalue weighted by Crippen LogP contribution is -2.20. The van der Waals surface area contributed by atoms with Crippen molar-refractivity contribution in [2.75, 3.05) is 0 Å². The van der Waals surface area contributed by atoms with Gasteiger partial charge in [0.05, 0.1) is 17.1 Å². The number of hydrogen-bond donors (Lipinski definition) is 0. The molecule has 0 spiro atoms. The molecule has 0 radical (unpaired) electrons. The van der Waals surface area contributed by atoms with Crippen molar-refractivity contribution in [2.45, 2.75) is 6.54 Å². The van der Waals surface area contributed by atoms with Gasteiger partial charge in [0.2, 0.25) is 0 Å². The van der Waals surface area contributed by atoms with Crippen LogP contribution in [0, 0.1) is 0 Å². The first-order valence-corrected chi connectivity index (χ1v) is 8.04. The van der Waals surface area contributed by atoms with Crippen molar-refractivity contribution in [1.29, 1.82) is 0 Å². The van der Waals surface area contributed by atoms with E-state index in [-0.39, 0.29) is 12.1 Å². The highest BCUT2D eigenvalue weighted by Crippen LogP contribution is 2.22. The summed E-state index contributed by atoms with van der Waals surface area (Å²) in [5.41, 5.74) is 0.319. The molecule has 0 amide bonds. The van der Waals surface area contributed by atoms with Gasteiger partial charge >= 0.3 is 5.76 Å². The fourth-order valence-electron chi connectivity index (χ4n) is 2.12. The highest BCUT2D eigenvalue weighted by atomic mass is 32.1. The predicted octanol–water partition coefficient (Wildman–Crippen LogP) is 1.68. The Hall–Kier alpha value is -2.52. The molecule has 0 aliphatic carbocycles. The van der Waals surface area contributed by atoms with Crippen molar-refractivity contribution in [3.8, 4) is 10.7 Å². The Morgan fingerprint density at radius 2 is 2.14 bits per heavy atom. The molecule has 7 nitrogen and oxygen atoms in total. The molecule has 0 bridgehead atoms. The van der Waals surface area contributed by atoms with E-state index in [4.69, 9.17) is 4.52 Å². The van der Waals surface area contributed by atoms with Gasteiger partial charge in [-0.25, -0.2) is 14.3 Å². The summed E-state index contributed by atoms with van der Waals surface area (Å²) in [4.78, 5) is 29.7. The van der Waals surface area contributed by atoms with Gasteiger partial charge in [0, 0.05) is 17.6 Å². The van der Waals surface area contributed by atoms with Gasteiger partial charge < -0.3 is 0 Å². The maximum atomic E-state index is 12.0. The molecule has 22 heavy (non-hydrogen) atoms. The van der Waals surface area contributed by atoms with Crippen LogP contribution in [0.3, 0.4) is 0 Å². The average molecular weight is 332 g/mol. The molecular formula is C13H8N4O3S2. The zero-order chi connectivity index (χ0) is 15.1. The Morgan fingerprint density at radius 3 is 2.95 bits per heavy atom. The second kappa shape index (κ2) is 5.04. The molecule has 4 aromatic rings. The van der Waals surface area contributed by atoms with E-state index in [9.17, 15) is 9.59 Å². The maximum absolute atomic E-state index is 12.0. The lowest BCUT2D eigenvalue weighted by molar-refractivity contribution is 0.378. The van der Waals surface area contributed by atoms with Crippen LogP contribution in [-0.4, -0.2) is 19.1 Å². The zero-order valence-corrected chi connectivity index (χ0v) is 12.6. The van der Waals surface area contributed by atoms with Crippen LogP contribution in [0.2, 0.25) is 0 Å². The first-order chi connectivity index (χ1) is 10.7. The monoisotopic (exact) mass is 332 g/mol. The molecule has 110 valence electrons. The Balaban J connectivity index is 1.81. The third-order valence-corrected chi connectivity index (χ3v) is 4.73. The molecule has 4 rings (SSSR count). The third-order valence-electron chi connectivity index (χ3n) is 3.10. The van der Waals surface area contributed by atoms with Gasteiger partial charge in [0.25, 0.3) is 5.56 Å². The summed E-state index contributed by atoms with van der Waals surface area (Å²) < 4.78 is 7.59. The van der Waals surface area contributed by atoms with Crippen LogP contribution < -0.4 is 11.3 Å². The lowest BCUT2D eigenvalue weighted by Gasteiger charge is -2.03. The standard InChI is InChI=1S/C13H8N4O3S2/c18-10-6-8(14-12-16(10)3-5-22-12)7-17-11(15-20-13(17)19)9-2-1-4-21-9/h1-6H,7H2. The van der Waals surface area contributed by atoms with Crippen molar-refractivity contribution in [1.82, 2.24) is 19.1 Å². The molecule has 0 fully saturated rings. The topological polar surface area (TPSA) is 82.4 Å². The number of hydrogen-bond acceptors (Lipinski definition) is 7. The first-order valence-electron chi connectivity index (χ1n) is 6.28.